The topological polar surface area (TPSA) is 109 Å². The van der Waals surface area contributed by atoms with Crippen molar-refractivity contribution in [2.24, 2.45) is 10.8 Å². The molecule has 0 atom stereocenters. The van der Waals surface area contributed by atoms with Crippen LogP contribution in [-0.4, -0.2) is 36.5 Å². The maximum Gasteiger partial charge on any atom is 0.241 e. The van der Waals surface area contributed by atoms with E-state index in [1.807, 2.05) is 54.6 Å². The fraction of sp³-hybridized carbons (Fsp3) is 0.143. The van der Waals surface area contributed by atoms with Gasteiger partial charge in [0.2, 0.25) is 11.7 Å². The Morgan fingerprint density at radius 2 is 1.90 bits per heavy atom. The first-order valence-corrected chi connectivity index (χ1v) is 9.40. The predicted octanol–water partition coefficient (Wildman–Crippen LogP) is 0.667. The van der Waals surface area contributed by atoms with Crippen LogP contribution in [0.5, 0.6) is 11.5 Å². The van der Waals surface area contributed by atoms with Crippen molar-refractivity contribution < 1.29 is 15.1 Å². The number of nitrogens with zero attached hydrogens (tertiary/aromatic N) is 2. The maximum atomic E-state index is 11.9. The Hall–Kier alpha value is -3.46. The van der Waals surface area contributed by atoms with Crippen LogP contribution in [0.4, 0.5) is 0 Å². The molecule has 4 rings (SSSR count). The summed E-state index contributed by atoms with van der Waals surface area (Å²) in [5, 5.41) is 11.0. The fourth-order valence-electron chi connectivity index (χ4n) is 3.06. The van der Waals surface area contributed by atoms with Crippen LogP contribution < -0.4 is 26.7 Å². The molecular formula is C21H23N6O2+. The van der Waals surface area contributed by atoms with Gasteiger partial charge in [-0.25, -0.2) is 0 Å². The van der Waals surface area contributed by atoms with Crippen LogP contribution in [0.25, 0.3) is 10.8 Å². The Kier molecular flexibility index (Phi) is 5.66. The second-order valence-corrected chi connectivity index (χ2v) is 6.58. The summed E-state index contributed by atoms with van der Waals surface area (Å²) in [6.07, 6.45) is 0. The molecule has 148 valence electrons. The van der Waals surface area contributed by atoms with Crippen molar-refractivity contribution in [1.29, 1.82) is 0 Å². The van der Waals surface area contributed by atoms with Gasteiger partial charge in [-0.2, -0.15) is 0 Å². The number of amidine groups is 1. The van der Waals surface area contributed by atoms with Crippen molar-refractivity contribution in [2.75, 3.05) is 19.6 Å². The zero-order chi connectivity index (χ0) is 20.1. The molecule has 0 aromatic heterocycles. The van der Waals surface area contributed by atoms with Crippen molar-refractivity contribution in [3.05, 3.63) is 72.3 Å². The van der Waals surface area contributed by atoms with E-state index >= 15 is 0 Å². The second kappa shape index (κ2) is 8.70. The third-order valence-corrected chi connectivity index (χ3v) is 4.45. The number of carbonyl (C=O) groups excluding carboxylic acids is 1. The molecule has 3 aromatic carbocycles. The number of rotatable bonds is 7. The molecule has 0 saturated heterocycles. The number of nitrogens with one attached hydrogen (secondary N) is 2. The summed E-state index contributed by atoms with van der Waals surface area (Å²) in [5.74, 6) is 1.91. The molecule has 0 fully saturated rings. The molecule has 1 heterocycles. The number of benzene rings is 3. The van der Waals surface area contributed by atoms with Gasteiger partial charge >= 0.3 is 0 Å². The quantitative estimate of drug-likeness (QED) is 0.443. The van der Waals surface area contributed by atoms with E-state index in [0.717, 1.165) is 22.1 Å². The number of ether oxygens (including phenoxy) is 1. The van der Waals surface area contributed by atoms with Gasteiger partial charge in [-0.05, 0) is 45.3 Å². The minimum Gasteiger partial charge on any atom is -0.457 e. The van der Waals surface area contributed by atoms with E-state index in [1.165, 1.54) is 0 Å². The summed E-state index contributed by atoms with van der Waals surface area (Å²) < 4.78 is 6.15. The van der Waals surface area contributed by atoms with Gasteiger partial charge in [0, 0.05) is 13.1 Å². The Labute approximate surface area is 168 Å². The van der Waals surface area contributed by atoms with Crippen LogP contribution in [0, 0.1) is 0 Å². The van der Waals surface area contributed by atoms with Crippen LogP contribution in [0.3, 0.4) is 0 Å². The van der Waals surface area contributed by atoms with Crippen LogP contribution in [-0.2, 0) is 4.79 Å². The van der Waals surface area contributed by atoms with Crippen LogP contribution in [0.2, 0.25) is 0 Å². The van der Waals surface area contributed by atoms with E-state index < -0.39 is 0 Å². The molecule has 8 heteroatoms. The molecule has 1 aliphatic heterocycles. The van der Waals surface area contributed by atoms with Gasteiger partial charge in [0.15, 0.2) is 6.54 Å². The van der Waals surface area contributed by atoms with Gasteiger partial charge < -0.3 is 15.8 Å². The minimum atomic E-state index is -0.128. The first-order valence-electron chi connectivity index (χ1n) is 9.40. The molecule has 0 bridgehead atoms. The standard InChI is InChI=1S/C21H22N6O2/c22-11-12-23-20(28)14-27-25-21(24-26-27)18-7-3-4-8-19(18)29-17-10-9-15-5-1-2-6-16(15)13-17/h1-10,13,26H,11-12,14,22H2,(H,23,28)(H,24,25)/p+1. The monoisotopic (exact) mass is 391 g/mol. The summed E-state index contributed by atoms with van der Waals surface area (Å²) in [5.41, 5.74) is 10.9. The maximum absolute atomic E-state index is 11.9. The molecule has 0 radical (unpaired) electrons. The number of hydrogen-bond donors (Lipinski definition) is 4. The lowest BCUT2D eigenvalue weighted by atomic mass is 10.1. The average molecular weight is 391 g/mol. The molecular weight excluding hydrogens is 368 g/mol. The number of hydrazine groups is 1. The molecule has 0 saturated carbocycles. The highest BCUT2D eigenvalue weighted by Crippen LogP contribution is 2.28. The smallest absolute Gasteiger partial charge is 0.241 e. The zero-order valence-electron chi connectivity index (χ0n) is 15.8. The van der Waals surface area contributed by atoms with Crippen molar-refractivity contribution in [3.63, 3.8) is 0 Å². The lowest BCUT2D eigenvalue weighted by Crippen LogP contribution is -2.89. The Bertz CT molecular complexity index is 1050. The number of para-hydroxylation sites is 1. The van der Waals surface area contributed by atoms with Gasteiger partial charge in [0.05, 0.1) is 5.56 Å². The lowest BCUT2D eigenvalue weighted by molar-refractivity contribution is -0.806. The van der Waals surface area contributed by atoms with Gasteiger partial charge in [-0.3, -0.25) is 10.2 Å². The second-order valence-electron chi connectivity index (χ2n) is 6.58. The van der Waals surface area contributed by atoms with Crippen molar-refractivity contribution in [2.45, 2.75) is 0 Å². The number of fused-ring (bicyclic) bond motifs is 1. The largest absolute Gasteiger partial charge is 0.457 e. The van der Waals surface area contributed by atoms with Gasteiger partial charge in [-0.15, -0.1) is 5.53 Å². The third-order valence-electron chi connectivity index (χ3n) is 4.45. The third kappa shape index (κ3) is 4.52. The first kappa shape index (κ1) is 18.9. The summed E-state index contributed by atoms with van der Waals surface area (Å²) in [6, 6.07) is 21.8. The summed E-state index contributed by atoms with van der Waals surface area (Å²) in [4.78, 5) is 11.9. The van der Waals surface area contributed by atoms with Crippen LogP contribution in [0.1, 0.15) is 5.56 Å². The number of hydrogen-bond acceptors (Lipinski definition) is 6. The number of amides is 1. The molecule has 1 aliphatic rings. The molecule has 3 aromatic rings. The van der Waals surface area contributed by atoms with E-state index in [2.05, 4.69) is 28.0 Å². The normalized spacial score (nSPS) is 13.8. The predicted molar refractivity (Wildman–Crippen MR) is 111 cm³/mol. The highest BCUT2D eigenvalue weighted by atomic mass is 16.5. The van der Waals surface area contributed by atoms with E-state index in [9.17, 15) is 4.79 Å². The van der Waals surface area contributed by atoms with Crippen LogP contribution >= 0.6 is 0 Å². The van der Waals surface area contributed by atoms with Gasteiger partial charge in [0.1, 0.15) is 11.5 Å². The summed E-state index contributed by atoms with van der Waals surface area (Å²) in [6.45, 7) is 0.994. The van der Waals surface area contributed by atoms with Crippen molar-refractivity contribution in [1.82, 2.24) is 15.9 Å². The number of quaternary nitrogens is 1. The minimum absolute atomic E-state index is 0.128. The highest BCUT2D eigenvalue weighted by molar-refractivity contribution is 6.01. The Morgan fingerprint density at radius 3 is 2.76 bits per heavy atom. The van der Waals surface area contributed by atoms with Crippen molar-refractivity contribution >= 4 is 22.5 Å². The first-order chi connectivity index (χ1) is 14.2. The Morgan fingerprint density at radius 1 is 1.10 bits per heavy atom. The molecule has 6 N–H and O–H groups in total. The van der Waals surface area contributed by atoms with Crippen LogP contribution in [0.15, 0.2) is 71.8 Å². The molecule has 1 amide bonds. The zero-order valence-corrected chi connectivity index (χ0v) is 15.8. The lowest BCUT2D eigenvalue weighted by Gasteiger charge is -2.13. The fourth-order valence-corrected chi connectivity index (χ4v) is 3.06. The SMILES string of the molecule is NCCNC(=O)CN1NC(c2ccccc2Oc2ccc3ccccc3c2)=N[NH2+]1. The average Bonchev–Trinajstić information content (AvgIpc) is 3.20. The number of carbonyl (C=O) groups is 1. The van der Waals surface area contributed by atoms with E-state index in [4.69, 9.17) is 10.5 Å². The van der Waals surface area contributed by atoms with Gasteiger partial charge in [0.25, 0.3) is 0 Å². The Balaban J connectivity index is 1.48. The summed E-state index contributed by atoms with van der Waals surface area (Å²) in [7, 11) is 0. The molecule has 0 spiro atoms. The van der Waals surface area contributed by atoms with E-state index in [0.29, 0.717) is 24.7 Å². The number of nitrogens with two attached hydrogens (primary N) is 2. The van der Waals surface area contributed by atoms with E-state index in [-0.39, 0.29) is 12.5 Å². The highest BCUT2D eigenvalue weighted by Gasteiger charge is 2.25. The van der Waals surface area contributed by atoms with Gasteiger partial charge in [-0.1, -0.05) is 42.5 Å². The van der Waals surface area contributed by atoms with E-state index in [1.54, 1.807) is 10.7 Å². The molecule has 8 nitrogen and oxygen atoms in total. The molecule has 0 aliphatic carbocycles. The van der Waals surface area contributed by atoms with Crippen molar-refractivity contribution in [3.8, 4) is 11.5 Å². The summed E-state index contributed by atoms with van der Waals surface area (Å²) >= 11 is 0. The molecule has 0 unspecified atom stereocenters. The molecule has 29 heavy (non-hydrogen) atoms.